The second-order valence-electron chi connectivity index (χ2n) is 4.92. The van der Waals surface area contributed by atoms with Crippen LogP contribution in [-0.2, 0) is 4.79 Å². The van der Waals surface area contributed by atoms with Gasteiger partial charge in [0.1, 0.15) is 5.75 Å². The van der Waals surface area contributed by atoms with E-state index in [4.69, 9.17) is 4.74 Å². The highest BCUT2D eigenvalue weighted by atomic mass is 32.2. The summed E-state index contributed by atoms with van der Waals surface area (Å²) < 4.78 is 5.67. The molecule has 1 N–H and O–H groups in total. The molecule has 116 valence electrons. The lowest BCUT2D eigenvalue weighted by atomic mass is 10.2. The van der Waals surface area contributed by atoms with Crippen LogP contribution in [0.5, 0.6) is 5.75 Å². The third kappa shape index (κ3) is 4.49. The second-order valence-corrected chi connectivity index (χ2v) is 5.80. The Labute approximate surface area is 135 Å². The van der Waals surface area contributed by atoms with Crippen LogP contribution < -0.4 is 10.1 Å². The average molecular weight is 316 g/mol. The van der Waals surface area contributed by atoms with Gasteiger partial charge in [-0.1, -0.05) is 6.07 Å². The van der Waals surface area contributed by atoms with E-state index in [-0.39, 0.29) is 11.9 Å². The molecule has 0 spiro atoms. The first kappa shape index (κ1) is 16.4. The Bertz CT molecular complexity index is 602. The lowest BCUT2D eigenvalue weighted by Gasteiger charge is -2.18. The largest absolute Gasteiger partial charge is 0.481 e. The third-order valence-corrected chi connectivity index (χ3v) is 3.98. The number of nitrogens with one attached hydrogen (secondary N) is 1. The number of carbonyl (C=O) groups is 1. The Morgan fingerprint density at radius 1 is 1.18 bits per heavy atom. The molecule has 5 heteroatoms. The number of hydrogen-bond acceptors (Lipinski definition) is 4. The summed E-state index contributed by atoms with van der Waals surface area (Å²) in [5.41, 5.74) is 0.826. The molecule has 1 amide bonds. The van der Waals surface area contributed by atoms with Crippen LogP contribution in [0.25, 0.3) is 0 Å². The lowest BCUT2D eigenvalue weighted by Crippen LogP contribution is -2.38. The maximum atomic E-state index is 12.2. The molecule has 0 aliphatic carbocycles. The van der Waals surface area contributed by atoms with Gasteiger partial charge in [-0.2, -0.15) is 0 Å². The van der Waals surface area contributed by atoms with Gasteiger partial charge in [0.25, 0.3) is 5.91 Å². The van der Waals surface area contributed by atoms with Crippen molar-refractivity contribution >= 4 is 17.7 Å². The van der Waals surface area contributed by atoms with E-state index in [2.05, 4.69) is 10.3 Å². The van der Waals surface area contributed by atoms with Gasteiger partial charge in [0.2, 0.25) is 0 Å². The predicted octanol–water partition coefficient (Wildman–Crippen LogP) is 3.45. The minimum atomic E-state index is -0.564. The molecule has 2 atom stereocenters. The number of benzene rings is 1. The Kier molecular flexibility index (Phi) is 5.83. The summed E-state index contributed by atoms with van der Waals surface area (Å²) in [6.45, 7) is 3.64. The van der Waals surface area contributed by atoms with Crippen LogP contribution in [0.4, 0.5) is 0 Å². The summed E-state index contributed by atoms with van der Waals surface area (Å²) in [4.78, 5) is 17.6. The summed E-state index contributed by atoms with van der Waals surface area (Å²) >= 11 is 1.67. The average Bonchev–Trinajstić information content (AvgIpc) is 2.56. The van der Waals surface area contributed by atoms with Crippen molar-refractivity contribution in [2.45, 2.75) is 30.9 Å². The van der Waals surface area contributed by atoms with E-state index in [1.165, 1.54) is 0 Å². The number of aromatic nitrogens is 1. The predicted molar refractivity (Wildman–Crippen MR) is 89.1 cm³/mol. The van der Waals surface area contributed by atoms with Crippen LogP contribution in [0.1, 0.15) is 25.6 Å². The Morgan fingerprint density at radius 3 is 2.50 bits per heavy atom. The quantitative estimate of drug-likeness (QED) is 0.829. The lowest BCUT2D eigenvalue weighted by molar-refractivity contribution is -0.127. The minimum Gasteiger partial charge on any atom is -0.481 e. The van der Waals surface area contributed by atoms with E-state index < -0.39 is 6.10 Å². The van der Waals surface area contributed by atoms with Crippen LogP contribution >= 0.6 is 11.8 Å². The normalized spacial score (nSPS) is 13.2. The maximum Gasteiger partial charge on any atom is 0.261 e. The molecule has 0 unspecified atom stereocenters. The van der Waals surface area contributed by atoms with E-state index in [9.17, 15) is 4.79 Å². The third-order valence-electron chi connectivity index (χ3n) is 3.23. The zero-order valence-electron chi connectivity index (χ0n) is 12.9. The smallest absolute Gasteiger partial charge is 0.261 e. The maximum absolute atomic E-state index is 12.2. The molecule has 0 aliphatic rings. The van der Waals surface area contributed by atoms with Crippen LogP contribution in [0.15, 0.2) is 53.6 Å². The number of pyridine rings is 1. The number of ether oxygens (including phenoxy) is 1. The molecule has 0 bridgehead atoms. The summed E-state index contributed by atoms with van der Waals surface area (Å²) in [5, 5.41) is 2.91. The summed E-state index contributed by atoms with van der Waals surface area (Å²) in [7, 11) is 0. The molecule has 2 aromatic rings. The van der Waals surface area contributed by atoms with E-state index in [1.54, 1.807) is 24.9 Å². The molecule has 1 aromatic heterocycles. The topological polar surface area (TPSA) is 51.2 Å². The molecule has 0 saturated carbocycles. The molecule has 0 aliphatic heterocycles. The number of amides is 1. The zero-order valence-corrected chi connectivity index (χ0v) is 13.8. The van der Waals surface area contributed by atoms with E-state index in [1.807, 2.05) is 55.6 Å². The SMILES string of the molecule is CSc1ccc(O[C@@H](C)C(=O)N[C@H](C)c2ccccn2)cc1. The first-order chi connectivity index (χ1) is 10.6. The minimum absolute atomic E-state index is 0.154. The van der Waals surface area contributed by atoms with Gasteiger partial charge < -0.3 is 10.1 Å². The fourth-order valence-corrected chi connectivity index (χ4v) is 2.36. The number of thioether (sulfide) groups is 1. The standard InChI is InChI=1S/C17H20N2O2S/c1-12(16-6-4-5-11-18-16)19-17(20)13(2)21-14-7-9-15(22-3)10-8-14/h4-13H,1-3H3,(H,19,20)/t12-,13+/m1/s1. The van der Waals surface area contributed by atoms with Crippen LogP contribution in [0, 0.1) is 0 Å². The van der Waals surface area contributed by atoms with Gasteiger partial charge in [0.15, 0.2) is 6.10 Å². The molecule has 0 saturated heterocycles. The number of carbonyl (C=O) groups excluding carboxylic acids is 1. The number of hydrogen-bond donors (Lipinski definition) is 1. The van der Waals surface area contributed by atoms with Gasteiger partial charge in [-0.3, -0.25) is 9.78 Å². The van der Waals surface area contributed by atoms with Crippen molar-refractivity contribution in [2.24, 2.45) is 0 Å². The van der Waals surface area contributed by atoms with Crippen molar-refractivity contribution in [3.63, 3.8) is 0 Å². The molecule has 1 heterocycles. The summed E-state index contributed by atoms with van der Waals surface area (Å²) in [5.74, 6) is 0.526. The molecular formula is C17H20N2O2S. The van der Waals surface area contributed by atoms with Crippen molar-refractivity contribution in [2.75, 3.05) is 6.26 Å². The van der Waals surface area contributed by atoms with E-state index in [0.717, 1.165) is 10.6 Å². The van der Waals surface area contributed by atoms with Crippen molar-refractivity contribution in [3.05, 3.63) is 54.4 Å². The summed E-state index contributed by atoms with van der Waals surface area (Å²) in [6, 6.07) is 13.2. The molecule has 1 aromatic carbocycles. The fraction of sp³-hybridized carbons (Fsp3) is 0.294. The van der Waals surface area contributed by atoms with Crippen molar-refractivity contribution in [1.29, 1.82) is 0 Å². The first-order valence-corrected chi connectivity index (χ1v) is 8.34. The molecule has 4 nitrogen and oxygen atoms in total. The molecule has 2 rings (SSSR count). The van der Waals surface area contributed by atoms with E-state index in [0.29, 0.717) is 5.75 Å². The zero-order chi connectivity index (χ0) is 15.9. The van der Waals surface area contributed by atoms with Gasteiger partial charge in [-0.15, -0.1) is 11.8 Å². The molecular weight excluding hydrogens is 296 g/mol. The first-order valence-electron chi connectivity index (χ1n) is 7.12. The molecule has 22 heavy (non-hydrogen) atoms. The molecule has 0 radical (unpaired) electrons. The van der Waals surface area contributed by atoms with Gasteiger partial charge >= 0.3 is 0 Å². The van der Waals surface area contributed by atoms with Crippen LogP contribution in [0.2, 0.25) is 0 Å². The van der Waals surface area contributed by atoms with Crippen molar-refractivity contribution in [1.82, 2.24) is 10.3 Å². The van der Waals surface area contributed by atoms with Crippen molar-refractivity contribution < 1.29 is 9.53 Å². The molecule has 0 fully saturated rings. The second kappa shape index (κ2) is 7.84. The van der Waals surface area contributed by atoms with Crippen LogP contribution in [-0.4, -0.2) is 23.3 Å². The summed E-state index contributed by atoms with van der Waals surface area (Å²) in [6.07, 6.45) is 3.17. The fourth-order valence-electron chi connectivity index (χ4n) is 1.95. The Hall–Kier alpha value is -2.01. The number of rotatable bonds is 6. The van der Waals surface area contributed by atoms with Gasteiger partial charge in [-0.25, -0.2) is 0 Å². The van der Waals surface area contributed by atoms with Gasteiger partial charge in [-0.05, 0) is 56.5 Å². The Morgan fingerprint density at radius 2 is 1.91 bits per heavy atom. The highest BCUT2D eigenvalue weighted by molar-refractivity contribution is 7.98. The monoisotopic (exact) mass is 316 g/mol. The van der Waals surface area contributed by atoms with Crippen molar-refractivity contribution in [3.8, 4) is 5.75 Å². The number of nitrogens with zero attached hydrogens (tertiary/aromatic N) is 1. The van der Waals surface area contributed by atoms with E-state index >= 15 is 0 Å². The van der Waals surface area contributed by atoms with Gasteiger partial charge in [0, 0.05) is 11.1 Å². The van der Waals surface area contributed by atoms with Crippen LogP contribution in [0.3, 0.4) is 0 Å². The Balaban J connectivity index is 1.91. The van der Waals surface area contributed by atoms with Gasteiger partial charge in [0.05, 0.1) is 11.7 Å². The highest BCUT2D eigenvalue weighted by Gasteiger charge is 2.18. The highest BCUT2D eigenvalue weighted by Crippen LogP contribution is 2.20.